The average Bonchev–Trinajstić information content (AvgIpc) is 3.18. The Morgan fingerprint density at radius 3 is 2.22 bits per heavy atom. The maximum Gasteiger partial charge on any atom is 0.263 e. The molecule has 7 heteroatoms. The number of para-hydroxylation sites is 1. The summed E-state index contributed by atoms with van der Waals surface area (Å²) in [5, 5.41) is 7.22. The summed E-state index contributed by atoms with van der Waals surface area (Å²) in [6.07, 6.45) is 0. The Morgan fingerprint density at radius 2 is 1.56 bits per heavy atom. The van der Waals surface area contributed by atoms with E-state index in [2.05, 4.69) is 10.4 Å². The maximum absolute atomic E-state index is 13.0. The highest BCUT2D eigenvalue weighted by Gasteiger charge is 2.12. The van der Waals surface area contributed by atoms with Crippen LogP contribution in [0, 0.1) is 12.7 Å². The van der Waals surface area contributed by atoms with Crippen LogP contribution in [0.1, 0.15) is 21.6 Å². The third-order valence-corrected chi connectivity index (χ3v) is 4.69. The van der Waals surface area contributed by atoms with E-state index in [9.17, 15) is 14.0 Å². The van der Waals surface area contributed by atoms with Crippen molar-refractivity contribution in [3.05, 3.63) is 108 Å². The van der Waals surface area contributed by atoms with E-state index in [1.807, 2.05) is 37.3 Å². The first-order valence-electron chi connectivity index (χ1n) is 9.95. The Morgan fingerprint density at radius 1 is 0.938 bits per heavy atom. The lowest BCUT2D eigenvalue weighted by molar-refractivity contribution is -0.118. The smallest absolute Gasteiger partial charge is 0.263 e. The fourth-order valence-electron chi connectivity index (χ4n) is 3.15. The minimum Gasteiger partial charge on any atom is -0.484 e. The molecule has 0 atom stereocenters. The van der Waals surface area contributed by atoms with Crippen LogP contribution in [-0.2, 0) is 4.79 Å². The van der Waals surface area contributed by atoms with Crippen LogP contribution in [0.15, 0.2) is 84.9 Å². The van der Waals surface area contributed by atoms with E-state index in [0.717, 1.165) is 11.4 Å². The molecular weight excluding hydrogens is 409 g/mol. The summed E-state index contributed by atoms with van der Waals surface area (Å²) in [5.41, 5.74) is 2.44. The molecule has 0 aliphatic rings. The molecule has 0 unspecified atom stereocenters. The average molecular weight is 429 g/mol. The molecule has 4 aromatic rings. The fourth-order valence-corrected chi connectivity index (χ4v) is 3.15. The quantitative estimate of drug-likeness (QED) is 0.437. The third-order valence-electron chi connectivity index (χ3n) is 4.69. The van der Waals surface area contributed by atoms with Gasteiger partial charge in [-0.25, -0.2) is 9.07 Å². The summed E-state index contributed by atoms with van der Waals surface area (Å²) in [5.74, 6) is 0.0315. The van der Waals surface area contributed by atoms with Gasteiger partial charge in [0, 0.05) is 17.2 Å². The van der Waals surface area contributed by atoms with E-state index < -0.39 is 5.82 Å². The second-order valence-electron chi connectivity index (χ2n) is 7.12. The van der Waals surface area contributed by atoms with E-state index >= 15 is 0 Å². The molecule has 0 spiro atoms. The highest BCUT2D eigenvalue weighted by molar-refractivity contribution is 6.09. The lowest BCUT2D eigenvalue weighted by Crippen LogP contribution is -2.21. The number of carbonyl (C=O) groups is 2. The van der Waals surface area contributed by atoms with Crippen molar-refractivity contribution in [2.45, 2.75) is 6.92 Å². The van der Waals surface area contributed by atoms with Crippen molar-refractivity contribution < 1.29 is 18.7 Å². The van der Waals surface area contributed by atoms with Crippen LogP contribution in [0.3, 0.4) is 0 Å². The van der Waals surface area contributed by atoms with Crippen molar-refractivity contribution >= 4 is 17.5 Å². The predicted molar refractivity (Wildman–Crippen MR) is 119 cm³/mol. The molecule has 6 nitrogen and oxygen atoms in total. The second kappa shape index (κ2) is 9.26. The first-order chi connectivity index (χ1) is 15.5. The molecule has 0 saturated carbocycles. The molecule has 0 bridgehead atoms. The number of benzene rings is 3. The van der Waals surface area contributed by atoms with Gasteiger partial charge < -0.3 is 10.1 Å². The summed E-state index contributed by atoms with van der Waals surface area (Å²) in [6.45, 7) is 1.64. The summed E-state index contributed by atoms with van der Waals surface area (Å²) in [4.78, 5) is 24.9. The highest BCUT2D eigenvalue weighted by atomic mass is 19.1. The zero-order valence-corrected chi connectivity index (χ0v) is 17.3. The van der Waals surface area contributed by atoms with E-state index in [4.69, 9.17) is 4.74 Å². The van der Waals surface area contributed by atoms with Crippen molar-refractivity contribution in [1.29, 1.82) is 0 Å². The van der Waals surface area contributed by atoms with Crippen LogP contribution in [-0.4, -0.2) is 28.1 Å². The van der Waals surface area contributed by atoms with Gasteiger partial charge in [0.05, 0.1) is 11.4 Å². The van der Waals surface area contributed by atoms with Crippen molar-refractivity contribution in [1.82, 2.24) is 9.78 Å². The Bertz CT molecular complexity index is 1230. The monoisotopic (exact) mass is 429 g/mol. The van der Waals surface area contributed by atoms with Crippen LogP contribution in [0.2, 0.25) is 0 Å². The standard InChI is InChI=1S/C25H20FN3O3/c1-17-15-23(29(28-17)21-5-3-2-4-6-21)27-24(30)16-32-22-13-9-19(10-14-22)25(31)18-7-11-20(26)12-8-18/h2-15H,16H2,1H3,(H,27,30). The van der Waals surface area contributed by atoms with Gasteiger partial charge in [-0.15, -0.1) is 0 Å². The molecule has 1 aromatic heterocycles. The van der Waals surface area contributed by atoms with E-state index in [-0.39, 0.29) is 18.3 Å². The van der Waals surface area contributed by atoms with Crippen LogP contribution in [0.25, 0.3) is 5.69 Å². The van der Waals surface area contributed by atoms with E-state index in [0.29, 0.717) is 22.7 Å². The number of carbonyl (C=O) groups excluding carboxylic acids is 2. The summed E-state index contributed by atoms with van der Waals surface area (Å²) in [7, 11) is 0. The van der Waals surface area contributed by atoms with Gasteiger partial charge in [0.1, 0.15) is 17.4 Å². The van der Waals surface area contributed by atoms with Crippen LogP contribution in [0.5, 0.6) is 5.75 Å². The molecule has 3 aromatic carbocycles. The topological polar surface area (TPSA) is 73.2 Å². The molecule has 1 heterocycles. The molecular formula is C25H20FN3O3. The Hall–Kier alpha value is -4.26. The minimum atomic E-state index is -0.398. The van der Waals surface area contributed by atoms with Gasteiger partial charge in [0.2, 0.25) is 0 Å². The molecule has 1 amide bonds. The third kappa shape index (κ3) is 4.89. The number of halogens is 1. The number of ketones is 1. The summed E-state index contributed by atoms with van der Waals surface area (Å²) >= 11 is 0. The van der Waals surface area contributed by atoms with E-state index in [1.165, 1.54) is 24.3 Å². The van der Waals surface area contributed by atoms with Crippen molar-refractivity contribution in [3.63, 3.8) is 0 Å². The molecule has 0 aliphatic heterocycles. The van der Waals surface area contributed by atoms with Crippen molar-refractivity contribution in [2.75, 3.05) is 11.9 Å². The van der Waals surface area contributed by atoms with Gasteiger partial charge in [-0.1, -0.05) is 18.2 Å². The number of aromatic nitrogens is 2. The van der Waals surface area contributed by atoms with Gasteiger partial charge in [-0.05, 0) is 67.6 Å². The number of amides is 1. The molecule has 1 N–H and O–H groups in total. The molecule has 32 heavy (non-hydrogen) atoms. The van der Waals surface area contributed by atoms with Gasteiger partial charge in [-0.2, -0.15) is 5.10 Å². The van der Waals surface area contributed by atoms with Gasteiger partial charge in [-0.3, -0.25) is 9.59 Å². The largest absolute Gasteiger partial charge is 0.484 e. The maximum atomic E-state index is 13.0. The lowest BCUT2D eigenvalue weighted by Gasteiger charge is -2.10. The van der Waals surface area contributed by atoms with Crippen molar-refractivity contribution in [2.24, 2.45) is 0 Å². The first-order valence-corrected chi connectivity index (χ1v) is 9.95. The van der Waals surface area contributed by atoms with Crippen LogP contribution >= 0.6 is 0 Å². The Labute approximate surface area is 184 Å². The molecule has 0 radical (unpaired) electrons. The molecule has 0 aliphatic carbocycles. The fraction of sp³-hybridized carbons (Fsp3) is 0.0800. The Balaban J connectivity index is 1.37. The predicted octanol–water partition coefficient (Wildman–Crippen LogP) is 4.57. The molecule has 0 fully saturated rings. The summed E-state index contributed by atoms with van der Waals surface area (Å²) < 4.78 is 20.2. The number of nitrogens with one attached hydrogen (secondary N) is 1. The molecule has 4 rings (SSSR count). The zero-order valence-electron chi connectivity index (χ0n) is 17.3. The zero-order chi connectivity index (χ0) is 22.5. The number of hydrogen-bond donors (Lipinski definition) is 1. The van der Waals surface area contributed by atoms with Crippen LogP contribution < -0.4 is 10.1 Å². The van der Waals surface area contributed by atoms with Crippen molar-refractivity contribution in [3.8, 4) is 11.4 Å². The lowest BCUT2D eigenvalue weighted by atomic mass is 10.0. The molecule has 0 saturated heterocycles. The minimum absolute atomic E-state index is 0.204. The number of aryl methyl sites for hydroxylation is 1. The normalized spacial score (nSPS) is 10.6. The number of anilines is 1. The summed E-state index contributed by atoms with van der Waals surface area (Å²) in [6, 6.07) is 23.1. The SMILES string of the molecule is Cc1cc(NC(=O)COc2ccc(C(=O)c3ccc(F)cc3)cc2)n(-c2ccccc2)n1. The van der Waals surface area contributed by atoms with Crippen LogP contribution in [0.4, 0.5) is 10.2 Å². The number of nitrogens with zero attached hydrogens (tertiary/aromatic N) is 2. The number of ether oxygens (including phenoxy) is 1. The highest BCUT2D eigenvalue weighted by Crippen LogP contribution is 2.18. The van der Waals surface area contributed by atoms with E-state index in [1.54, 1.807) is 35.0 Å². The second-order valence-corrected chi connectivity index (χ2v) is 7.12. The molecule has 160 valence electrons. The van der Waals surface area contributed by atoms with Gasteiger partial charge >= 0.3 is 0 Å². The first kappa shape index (κ1) is 21.0. The number of rotatable bonds is 7. The number of hydrogen-bond acceptors (Lipinski definition) is 4. The van der Waals surface area contributed by atoms with Gasteiger partial charge in [0.25, 0.3) is 5.91 Å². The van der Waals surface area contributed by atoms with Gasteiger partial charge in [0.15, 0.2) is 12.4 Å². The Kier molecular flexibility index (Phi) is 6.07.